The van der Waals surface area contributed by atoms with Gasteiger partial charge < -0.3 is 10.0 Å². The summed E-state index contributed by atoms with van der Waals surface area (Å²) < 4.78 is 1.65. The van der Waals surface area contributed by atoms with Crippen LogP contribution < -0.4 is 0 Å². The van der Waals surface area contributed by atoms with E-state index in [-0.39, 0.29) is 18.4 Å². The molecule has 1 N–H and O–H groups in total. The summed E-state index contributed by atoms with van der Waals surface area (Å²) in [5, 5.41) is 14.2. The van der Waals surface area contributed by atoms with Crippen LogP contribution in [0.5, 0.6) is 0 Å². The molecule has 0 radical (unpaired) electrons. The number of halogens is 1. The van der Waals surface area contributed by atoms with Gasteiger partial charge in [0, 0.05) is 30.9 Å². The monoisotopic (exact) mass is 319 g/mol. The van der Waals surface area contributed by atoms with E-state index in [4.69, 9.17) is 11.6 Å². The molecule has 1 unspecified atom stereocenters. The molecule has 0 aliphatic carbocycles. The molecule has 0 bridgehead atoms. The van der Waals surface area contributed by atoms with E-state index >= 15 is 0 Å². The van der Waals surface area contributed by atoms with Gasteiger partial charge >= 0.3 is 0 Å². The number of amides is 1. The van der Waals surface area contributed by atoms with Gasteiger partial charge in [0.15, 0.2) is 5.69 Å². The Labute approximate surface area is 134 Å². The summed E-state index contributed by atoms with van der Waals surface area (Å²) in [7, 11) is 0. The van der Waals surface area contributed by atoms with Crippen molar-refractivity contribution in [3.63, 3.8) is 0 Å². The predicted octanol–water partition coefficient (Wildman–Crippen LogP) is 2.37. The van der Waals surface area contributed by atoms with Crippen LogP contribution in [0.15, 0.2) is 36.5 Å². The highest BCUT2D eigenvalue weighted by atomic mass is 35.5. The van der Waals surface area contributed by atoms with Gasteiger partial charge in [-0.15, -0.1) is 0 Å². The summed E-state index contributed by atoms with van der Waals surface area (Å²) in [5.74, 6) is 0.0895. The number of hydrogen-bond donors (Lipinski definition) is 1. The zero-order chi connectivity index (χ0) is 15.5. The molecular weight excluding hydrogens is 302 g/mol. The summed E-state index contributed by atoms with van der Waals surface area (Å²) in [4.78, 5) is 14.3. The molecule has 0 spiro atoms. The second-order valence-electron chi connectivity index (χ2n) is 5.57. The van der Waals surface area contributed by atoms with Crippen LogP contribution in [-0.2, 0) is 0 Å². The van der Waals surface area contributed by atoms with Crippen molar-refractivity contribution in [3.8, 4) is 5.69 Å². The van der Waals surface area contributed by atoms with Crippen LogP contribution in [0.4, 0.5) is 0 Å². The summed E-state index contributed by atoms with van der Waals surface area (Å²) in [5.41, 5.74) is 1.23. The molecule has 1 aromatic carbocycles. The number of benzene rings is 1. The fourth-order valence-electron chi connectivity index (χ4n) is 2.76. The minimum atomic E-state index is -0.0843. The normalized spacial score (nSPS) is 18.5. The highest BCUT2D eigenvalue weighted by molar-refractivity contribution is 6.30. The van der Waals surface area contributed by atoms with E-state index in [1.807, 2.05) is 12.1 Å². The number of aromatic nitrogens is 2. The maximum absolute atomic E-state index is 12.5. The van der Waals surface area contributed by atoms with E-state index in [1.165, 1.54) is 0 Å². The fraction of sp³-hybridized carbons (Fsp3) is 0.375. The van der Waals surface area contributed by atoms with Crippen molar-refractivity contribution in [1.29, 1.82) is 0 Å². The minimum Gasteiger partial charge on any atom is -0.396 e. The first-order valence-corrected chi connectivity index (χ1v) is 7.77. The number of piperidine rings is 1. The molecule has 22 heavy (non-hydrogen) atoms. The first-order chi connectivity index (χ1) is 10.7. The first-order valence-electron chi connectivity index (χ1n) is 7.39. The van der Waals surface area contributed by atoms with E-state index in [0.717, 1.165) is 25.1 Å². The lowest BCUT2D eigenvalue weighted by molar-refractivity contribution is 0.0614. The molecule has 1 aromatic heterocycles. The fourth-order valence-corrected chi connectivity index (χ4v) is 2.95. The molecule has 1 aliphatic heterocycles. The van der Waals surface area contributed by atoms with Crippen molar-refractivity contribution >= 4 is 17.5 Å². The topological polar surface area (TPSA) is 58.4 Å². The molecule has 2 aromatic rings. The van der Waals surface area contributed by atoms with Crippen LogP contribution in [0, 0.1) is 5.92 Å². The van der Waals surface area contributed by atoms with Gasteiger partial charge in [0.1, 0.15) is 0 Å². The van der Waals surface area contributed by atoms with E-state index in [0.29, 0.717) is 17.3 Å². The Balaban J connectivity index is 1.77. The number of nitrogens with zero attached hydrogens (tertiary/aromatic N) is 3. The maximum atomic E-state index is 12.5. The molecule has 3 rings (SSSR count). The Kier molecular flexibility index (Phi) is 4.45. The van der Waals surface area contributed by atoms with Gasteiger partial charge in [-0.05, 0) is 43.0 Å². The van der Waals surface area contributed by atoms with E-state index in [9.17, 15) is 9.90 Å². The highest BCUT2D eigenvalue weighted by Crippen LogP contribution is 2.19. The zero-order valence-corrected chi connectivity index (χ0v) is 12.9. The number of rotatable bonds is 3. The van der Waals surface area contributed by atoms with Crippen molar-refractivity contribution in [2.24, 2.45) is 5.92 Å². The van der Waals surface area contributed by atoms with Gasteiger partial charge in [-0.2, -0.15) is 5.10 Å². The van der Waals surface area contributed by atoms with Crippen molar-refractivity contribution in [1.82, 2.24) is 14.7 Å². The Morgan fingerprint density at radius 3 is 3.05 bits per heavy atom. The summed E-state index contributed by atoms with van der Waals surface area (Å²) in [6, 6.07) is 9.04. The number of hydrogen-bond acceptors (Lipinski definition) is 3. The average molecular weight is 320 g/mol. The number of carbonyl (C=O) groups excluding carboxylic acids is 1. The second-order valence-corrected chi connectivity index (χ2v) is 6.00. The standard InChI is InChI=1S/C16H18ClN3O2/c17-13-4-1-5-14(9-13)20-8-6-15(18-20)16(22)19-7-2-3-12(10-19)11-21/h1,4-6,8-9,12,21H,2-3,7,10-11H2. The summed E-state index contributed by atoms with van der Waals surface area (Å²) >= 11 is 5.98. The molecule has 1 amide bonds. The first kappa shape index (κ1) is 15.1. The second kappa shape index (κ2) is 6.50. The van der Waals surface area contributed by atoms with Crippen molar-refractivity contribution in [2.45, 2.75) is 12.8 Å². The van der Waals surface area contributed by atoms with E-state index in [1.54, 1.807) is 34.0 Å². The van der Waals surface area contributed by atoms with Crippen molar-refractivity contribution in [2.75, 3.05) is 19.7 Å². The third kappa shape index (κ3) is 3.15. The zero-order valence-electron chi connectivity index (χ0n) is 12.2. The minimum absolute atomic E-state index is 0.0843. The number of aliphatic hydroxyl groups is 1. The van der Waals surface area contributed by atoms with Crippen LogP contribution >= 0.6 is 11.6 Å². The molecule has 1 aliphatic rings. The van der Waals surface area contributed by atoms with Crippen LogP contribution in [0.1, 0.15) is 23.3 Å². The Hall–Kier alpha value is -1.85. The lowest BCUT2D eigenvalue weighted by Crippen LogP contribution is -2.41. The molecule has 1 atom stereocenters. The molecule has 1 fully saturated rings. The van der Waals surface area contributed by atoms with Crippen LogP contribution in [0.2, 0.25) is 5.02 Å². The smallest absolute Gasteiger partial charge is 0.274 e. The van der Waals surface area contributed by atoms with E-state index in [2.05, 4.69) is 5.10 Å². The van der Waals surface area contributed by atoms with Crippen LogP contribution in [-0.4, -0.2) is 45.4 Å². The van der Waals surface area contributed by atoms with Gasteiger partial charge in [-0.1, -0.05) is 17.7 Å². The molecule has 2 heterocycles. The predicted molar refractivity (Wildman–Crippen MR) is 84.3 cm³/mol. The average Bonchev–Trinajstić information content (AvgIpc) is 3.04. The quantitative estimate of drug-likeness (QED) is 0.945. The van der Waals surface area contributed by atoms with Crippen LogP contribution in [0.25, 0.3) is 5.69 Å². The van der Waals surface area contributed by atoms with Gasteiger partial charge in [0.05, 0.1) is 5.69 Å². The van der Waals surface area contributed by atoms with E-state index < -0.39 is 0 Å². The number of aliphatic hydroxyl groups excluding tert-OH is 1. The SMILES string of the molecule is O=C(c1ccn(-c2cccc(Cl)c2)n1)N1CCCC(CO)C1. The number of carbonyl (C=O) groups is 1. The molecule has 5 nitrogen and oxygen atoms in total. The molecule has 1 saturated heterocycles. The molecular formula is C16H18ClN3O2. The van der Waals surface area contributed by atoms with Crippen LogP contribution in [0.3, 0.4) is 0 Å². The highest BCUT2D eigenvalue weighted by Gasteiger charge is 2.25. The van der Waals surface area contributed by atoms with Gasteiger partial charge in [0.2, 0.25) is 0 Å². The third-order valence-corrected chi connectivity index (χ3v) is 4.18. The Morgan fingerprint density at radius 2 is 2.27 bits per heavy atom. The van der Waals surface area contributed by atoms with Gasteiger partial charge in [-0.25, -0.2) is 4.68 Å². The van der Waals surface area contributed by atoms with Crippen molar-refractivity contribution < 1.29 is 9.90 Å². The molecule has 6 heteroatoms. The maximum Gasteiger partial charge on any atom is 0.274 e. The number of likely N-dealkylation sites (tertiary alicyclic amines) is 1. The van der Waals surface area contributed by atoms with Gasteiger partial charge in [0.25, 0.3) is 5.91 Å². The lowest BCUT2D eigenvalue weighted by Gasteiger charge is -2.31. The lowest BCUT2D eigenvalue weighted by atomic mass is 9.99. The van der Waals surface area contributed by atoms with Crippen molar-refractivity contribution in [3.05, 3.63) is 47.2 Å². The van der Waals surface area contributed by atoms with Gasteiger partial charge in [-0.3, -0.25) is 4.79 Å². The summed E-state index contributed by atoms with van der Waals surface area (Å²) in [6.45, 7) is 1.44. The Morgan fingerprint density at radius 1 is 1.41 bits per heavy atom. The third-order valence-electron chi connectivity index (χ3n) is 3.95. The Bertz CT molecular complexity index is 671. The molecule has 116 valence electrons. The molecule has 0 saturated carbocycles. The summed E-state index contributed by atoms with van der Waals surface area (Å²) in [6.07, 6.45) is 3.65. The largest absolute Gasteiger partial charge is 0.396 e.